The molecule has 0 aromatic heterocycles. The van der Waals surface area contributed by atoms with Crippen LogP contribution in [0.2, 0.25) is 0 Å². The van der Waals surface area contributed by atoms with Gasteiger partial charge in [-0.3, -0.25) is 4.79 Å². The van der Waals surface area contributed by atoms with Crippen LogP contribution in [0.5, 0.6) is 0 Å². The van der Waals surface area contributed by atoms with Gasteiger partial charge < -0.3 is 0 Å². The molecule has 76 valence electrons. The van der Waals surface area contributed by atoms with Crippen molar-refractivity contribution in [3.63, 3.8) is 0 Å². The van der Waals surface area contributed by atoms with Crippen LogP contribution in [0.3, 0.4) is 0 Å². The fourth-order valence-electron chi connectivity index (χ4n) is 1.95. The van der Waals surface area contributed by atoms with Gasteiger partial charge in [-0.05, 0) is 19.4 Å². The van der Waals surface area contributed by atoms with Crippen molar-refractivity contribution in [3.05, 3.63) is 58.7 Å². The first-order chi connectivity index (χ1) is 7.22. The van der Waals surface area contributed by atoms with Crippen molar-refractivity contribution in [1.29, 1.82) is 0 Å². The molecule has 0 atom stereocenters. The maximum absolute atomic E-state index is 10.9. The van der Waals surface area contributed by atoms with Crippen molar-refractivity contribution in [2.24, 2.45) is 0 Å². The fourth-order valence-corrected chi connectivity index (χ4v) is 1.95. The molecule has 0 N–H and O–H groups in total. The lowest BCUT2D eigenvalue weighted by Gasteiger charge is -2.08. The van der Waals surface area contributed by atoms with E-state index in [2.05, 4.69) is 26.0 Å². The Morgan fingerprint density at radius 3 is 2.27 bits per heavy atom. The quantitative estimate of drug-likeness (QED) is 0.665. The Morgan fingerprint density at radius 2 is 1.67 bits per heavy atom. The van der Waals surface area contributed by atoms with Gasteiger partial charge in [0.25, 0.3) is 0 Å². The standard InChI is InChI=1S/C14H14O/c1-10-7-13(8-11(10)2)14-6-4-3-5-12(14)9-15/h3-9,13H,1-2H3. The summed E-state index contributed by atoms with van der Waals surface area (Å²) in [7, 11) is 0. The predicted octanol–water partition coefficient (Wildman–Crippen LogP) is 3.49. The van der Waals surface area contributed by atoms with Crippen LogP contribution in [-0.2, 0) is 0 Å². The third-order valence-corrected chi connectivity index (χ3v) is 2.96. The number of hydrogen-bond donors (Lipinski definition) is 0. The Kier molecular flexibility index (Phi) is 2.55. The number of aldehydes is 1. The number of hydrogen-bond acceptors (Lipinski definition) is 1. The van der Waals surface area contributed by atoms with Crippen LogP contribution in [0, 0.1) is 0 Å². The molecule has 1 aliphatic rings. The van der Waals surface area contributed by atoms with Gasteiger partial charge in [-0.25, -0.2) is 0 Å². The van der Waals surface area contributed by atoms with E-state index < -0.39 is 0 Å². The molecule has 1 aromatic carbocycles. The second-order valence-electron chi connectivity index (χ2n) is 3.97. The van der Waals surface area contributed by atoms with Gasteiger partial charge in [0.1, 0.15) is 6.29 Å². The summed E-state index contributed by atoms with van der Waals surface area (Å²) in [5.41, 5.74) is 4.50. The van der Waals surface area contributed by atoms with E-state index in [1.807, 2.05) is 24.3 Å². The summed E-state index contributed by atoms with van der Waals surface area (Å²) in [6.07, 6.45) is 5.34. The van der Waals surface area contributed by atoms with Gasteiger partial charge in [-0.2, -0.15) is 0 Å². The summed E-state index contributed by atoms with van der Waals surface area (Å²) >= 11 is 0. The zero-order valence-corrected chi connectivity index (χ0v) is 9.03. The highest BCUT2D eigenvalue weighted by Gasteiger charge is 2.15. The highest BCUT2D eigenvalue weighted by Crippen LogP contribution is 2.31. The minimum Gasteiger partial charge on any atom is -0.298 e. The zero-order chi connectivity index (χ0) is 10.8. The third kappa shape index (κ3) is 1.78. The van der Waals surface area contributed by atoms with E-state index in [4.69, 9.17) is 0 Å². The molecule has 15 heavy (non-hydrogen) atoms. The van der Waals surface area contributed by atoms with Gasteiger partial charge >= 0.3 is 0 Å². The topological polar surface area (TPSA) is 17.1 Å². The summed E-state index contributed by atoms with van der Waals surface area (Å²) in [5.74, 6) is 0.270. The Balaban J connectivity index is 2.44. The Labute approximate surface area is 90.1 Å². The van der Waals surface area contributed by atoms with E-state index in [1.165, 1.54) is 11.1 Å². The van der Waals surface area contributed by atoms with E-state index in [0.717, 1.165) is 17.4 Å². The van der Waals surface area contributed by atoms with Gasteiger partial charge in [0, 0.05) is 11.5 Å². The molecule has 0 saturated heterocycles. The molecule has 2 rings (SSSR count). The number of carbonyl (C=O) groups excluding carboxylic acids is 1. The summed E-state index contributed by atoms with van der Waals surface area (Å²) in [4.78, 5) is 10.9. The maximum Gasteiger partial charge on any atom is 0.150 e. The molecular weight excluding hydrogens is 184 g/mol. The molecule has 1 aliphatic carbocycles. The lowest BCUT2D eigenvalue weighted by Crippen LogP contribution is -1.95. The Hall–Kier alpha value is -1.63. The molecule has 0 bridgehead atoms. The van der Waals surface area contributed by atoms with Gasteiger partial charge in [-0.1, -0.05) is 47.6 Å². The van der Waals surface area contributed by atoms with E-state index in [-0.39, 0.29) is 5.92 Å². The Bertz CT molecular complexity index is 434. The molecule has 1 nitrogen and oxygen atoms in total. The smallest absolute Gasteiger partial charge is 0.150 e. The summed E-state index contributed by atoms with van der Waals surface area (Å²) < 4.78 is 0. The van der Waals surface area contributed by atoms with Crippen LogP contribution in [0.25, 0.3) is 0 Å². The number of allylic oxidation sites excluding steroid dienone is 4. The normalized spacial score (nSPS) is 16.1. The predicted molar refractivity (Wildman–Crippen MR) is 62.1 cm³/mol. The minimum absolute atomic E-state index is 0.270. The minimum atomic E-state index is 0.270. The zero-order valence-electron chi connectivity index (χ0n) is 9.03. The summed E-state index contributed by atoms with van der Waals surface area (Å²) in [6, 6.07) is 7.77. The average molecular weight is 198 g/mol. The SMILES string of the molecule is CC1=CC(c2ccccc2C=O)C=C1C. The summed E-state index contributed by atoms with van der Waals surface area (Å²) in [6.45, 7) is 4.21. The van der Waals surface area contributed by atoms with Gasteiger partial charge in [0.15, 0.2) is 0 Å². The van der Waals surface area contributed by atoms with Crippen LogP contribution in [0.1, 0.15) is 35.7 Å². The lowest BCUT2D eigenvalue weighted by molar-refractivity contribution is 0.112. The highest BCUT2D eigenvalue weighted by atomic mass is 16.1. The molecule has 0 unspecified atom stereocenters. The van der Waals surface area contributed by atoms with Crippen LogP contribution < -0.4 is 0 Å². The first-order valence-electron chi connectivity index (χ1n) is 5.13. The van der Waals surface area contributed by atoms with Crippen molar-refractivity contribution in [2.75, 3.05) is 0 Å². The monoisotopic (exact) mass is 198 g/mol. The average Bonchev–Trinajstić information content (AvgIpc) is 2.59. The van der Waals surface area contributed by atoms with Gasteiger partial charge in [0.2, 0.25) is 0 Å². The molecule has 0 radical (unpaired) electrons. The Morgan fingerprint density at radius 1 is 1.07 bits per heavy atom. The van der Waals surface area contributed by atoms with Crippen molar-refractivity contribution in [1.82, 2.24) is 0 Å². The molecule has 0 saturated carbocycles. The van der Waals surface area contributed by atoms with E-state index in [0.29, 0.717) is 0 Å². The fraction of sp³-hybridized carbons (Fsp3) is 0.214. The second-order valence-corrected chi connectivity index (χ2v) is 3.97. The largest absolute Gasteiger partial charge is 0.298 e. The van der Waals surface area contributed by atoms with Crippen LogP contribution in [0.4, 0.5) is 0 Å². The number of carbonyl (C=O) groups is 1. The van der Waals surface area contributed by atoms with Crippen molar-refractivity contribution < 1.29 is 4.79 Å². The van der Waals surface area contributed by atoms with Crippen LogP contribution in [0.15, 0.2) is 47.6 Å². The van der Waals surface area contributed by atoms with Crippen LogP contribution in [-0.4, -0.2) is 6.29 Å². The highest BCUT2D eigenvalue weighted by molar-refractivity contribution is 5.78. The molecule has 0 heterocycles. The first kappa shape index (κ1) is 9.91. The van der Waals surface area contributed by atoms with E-state index in [9.17, 15) is 4.79 Å². The molecule has 0 amide bonds. The van der Waals surface area contributed by atoms with E-state index in [1.54, 1.807) is 0 Å². The third-order valence-electron chi connectivity index (χ3n) is 2.96. The van der Waals surface area contributed by atoms with E-state index >= 15 is 0 Å². The van der Waals surface area contributed by atoms with Crippen molar-refractivity contribution in [2.45, 2.75) is 19.8 Å². The molecule has 0 spiro atoms. The van der Waals surface area contributed by atoms with Gasteiger partial charge in [-0.15, -0.1) is 0 Å². The molecule has 0 aliphatic heterocycles. The molecular formula is C14H14O. The summed E-state index contributed by atoms with van der Waals surface area (Å²) in [5, 5.41) is 0. The molecule has 1 aromatic rings. The number of benzene rings is 1. The first-order valence-corrected chi connectivity index (χ1v) is 5.13. The van der Waals surface area contributed by atoms with Gasteiger partial charge in [0.05, 0.1) is 0 Å². The molecule has 0 fully saturated rings. The van der Waals surface area contributed by atoms with Crippen molar-refractivity contribution in [3.8, 4) is 0 Å². The number of rotatable bonds is 2. The maximum atomic E-state index is 10.9. The van der Waals surface area contributed by atoms with Crippen molar-refractivity contribution >= 4 is 6.29 Å². The molecule has 1 heteroatoms. The second kappa shape index (κ2) is 3.85. The van der Waals surface area contributed by atoms with Crippen LogP contribution >= 0.6 is 0 Å². The lowest BCUT2D eigenvalue weighted by atomic mass is 9.96.